The Morgan fingerprint density at radius 1 is 1.04 bits per heavy atom. The largest absolute Gasteiger partial charge is 0.269 e. The zero-order valence-electron chi connectivity index (χ0n) is 13.7. The molecule has 0 N–H and O–H groups in total. The Morgan fingerprint density at radius 2 is 1.87 bits per heavy atom. The minimum absolute atomic E-state index is 0.377. The number of allylic oxidation sites excluding steroid dienone is 2. The molecule has 0 saturated heterocycles. The van der Waals surface area contributed by atoms with E-state index in [1.165, 1.54) is 22.3 Å². The lowest BCUT2D eigenvalue weighted by atomic mass is 9.88. The van der Waals surface area contributed by atoms with E-state index in [1.807, 2.05) is 29.6 Å². The van der Waals surface area contributed by atoms with Crippen molar-refractivity contribution in [1.82, 2.24) is 5.01 Å². The summed E-state index contributed by atoms with van der Waals surface area (Å²) in [7, 11) is 0. The summed E-state index contributed by atoms with van der Waals surface area (Å²) in [6.45, 7) is 5.27. The van der Waals surface area contributed by atoms with E-state index in [1.54, 1.807) is 0 Å². The minimum atomic E-state index is 0.377. The van der Waals surface area contributed by atoms with Gasteiger partial charge in [-0.3, -0.25) is 5.01 Å². The Morgan fingerprint density at radius 3 is 2.61 bits per heavy atom. The summed E-state index contributed by atoms with van der Waals surface area (Å²) in [5, 5.41) is 6.49. The first-order chi connectivity index (χ1) is 11.3. The van der Waals surface area contributed by atoms with E-state index < -0.39 is 0 Å². The third-order valence-corrected chi connectivity index (χ3v) is 4.33. The molecule has 2 aromatic rings. The molecule has 1 heterocycles. The van der Waals surface area contributed by atoms with Gasteiger partial charge in [-0.05, 0) is 35.3 Å². The molecular formula is C21H22N2. The highest BCUT2D eigenvalue weighted by Crippen LogP contribution is 2.27. The first kappa shape index (κ1) is 15.3. The highest BCUT2D eigenvalue weighted by Gasteiger charge is 2.12. The van der Waals surface area contributed by atoms with Gasteiger partial charge in [-0.15, -0.1) is 0 Å². The molecule has 2 heteroatoms. The number of rotatable bonds is 4. The van der Waals surface area contributed by atoms with Gasteiger partial charge in [0.1, 0.15) is 0 Å². The second-order valence-corrected chi connectivity index (χ2v) is 5.83. The predicted molar refractivity (Wildman–Crippen MR) is 97.7 cm³/mol. The van der Waals surface area contributed by atoms with Crippen molar-refractivity contribution < 1.29 is 0 Å². The van der Waals surface area contributed by atoms with Gasteiger partial charge in [0.25, 0.3) is 0 Å². The van der Waals surface area contributed by atoms with Gasteiger partial charge in [0.2, 0.25) is 0 Å². The number of nitrogens with zero attached hydrogens (tertiary/aromatic N) is 2. The van der Waals surface area contributed by atoms with Crippen molar-refractivity contribution in [3.05, 3.63) is 95.2 Å². The summed E-state index contributed by atoms with van der Waals surface area (Å²) in [5.41, 5.74) is 5.17. The molecule has 2 aromatic carbocycles. The SMILES string of the molecule is Cc1c(/C=N/N2C=CC=CC2)cccc1C(C)c1ccccc1. The maximum absolute atomic E-state index is 4.56. The van der Waals surface area contributed by atoms with E-state index in [0.717, 1.165) is 6.54 Å². The molecular weight excluding hydrogens is 280 g/mol. The van der Waals surface area contributed by atoms with Crippen LogP contribution in [0.15, 0.2) is 78.1 Å². The molecule has 23 heavy (non-hydrogen) atoms. The molecule has 0 spiro atoms. The van der Waals surface area contributed by atoms with Gasteiger partial charge in [-0.2, -0.15) is 5.10 Å². The van der Waals surface area contributed by atoms with Gasteiger partial charge >= 0.3 is 0 Å². The molecule has 0 aromatic heterocycles. The fraction of sp³-hybridized carbons (Fsp3) is 0.190. The fourth-order valence-corrected chi connectivity index (χ4v) is 2.88. The van der Waals surface area contributed by atoms with E-state index >= 15 is 0 Å². The van der Waals surface area contributed by atoms with Crippen molar-refractivity contribution in [2.24, 2.45) is 5.10 Å². The van der Waals surface area contributed by atoms with Crippen molar-refractivity contribution in [2.45, 2.75) is 19.8 Å². The Balaban J connectivity index is 1.85. The lowest BCUT2D eigenvalue weighted by molar-refractivity contribution is 0.442. The zero-order chi connectivity index (χ0) is 16.1. The van der Waals surface area contributed by atoms with E-state index in [2.05, 4.69) is 73.6 Å². The third kappa shape index (κ3) is 3.59. The van der Waals surface area contributed by atoms with Crippen LogP contribution in [0.25, 0.3) is 0 Å². The highest BCUT2D eigenvalue weighted by molar-refractivity contribution is 5.82. The predicted octanol–water partition coefficient (Wildman–Crippen LogP) is 4.87. The van der Waals surface area contributed by atoms with Gasteiger partial charge in [0.15, 0.2) is 0 Å². The third-order valence-electron chi connectivity index (χ3n) is 4.33. The molecule has 0 aliphatic carbocycles. The normalized spacial score (nSPS) is 15.3. The lowest BCUT2D eigenvalue weighted by Gasteiger charge is -2.17. The molecule has 1 unspecified atom stereocenters. The first-order valence-electron chi connectivity index (χ1n) is 8.04. The topological polar surface area (TPSA) is 15.6 Å². The summed E-state index contributed by atoms with van der Waals surface area (Å²) in [6.07, 6.45) is 10.1. The molecule has 1 aliphatic rings. The van der Waals surface area contributed by atoms with Crippen LogP contribution in [0.2, 0.25) is 0 Å². The Hall–Kier alpha value is -2.61. The van der Waals surface area contributed by atoms with Crippen LogP contribution in [0.5, 0.6) is 0 Å². The summed E-state index contributed by atoms with van der Waals surface area (Å²) in [6, 6.07) is 17.1. The molecule has 0 amide bonds. The second-order valence-electron chi connectivity index (χ2n) is 5.83. The van der Waals surface area contributed by atoms with Crippen molar-refractivity contribution in [1.29, 1.82) is 0 Å². The number of hydrazone groups is 1. The van der Waals surface area contributed by atoms with Gasteiger partial charge in [0.05, 0.1) is 12.8 Å². The van der Waals surface area contributed by atoms with Gasteiger partial charge in [0, 0.05) is 12.1 Å². The number of hydrogen-bond acceptors (Lipinski definition) is 2. The van der Waals surface area contributed by atoms with Crippen LogP contribution in [0.4, 0.5) is 0 Å². The number of hydrogen-bond donors (Lipinski definition) is 0. The van der Waals surface area contributed by atoms with Crippen molar-refractivity contribution in [2.75, 3.05) is 6.54 Å². The molecule has 1 aliphatic heterocycles. The van der Waals surface area contributed by atoms with Gasteiger partial charge in [-0.1, -0.05) is 67.6 Å². The molecule has 0 bridgehead atoms. The zero-order valence-corrected chi connectivity index (χ0v) is 13.7. The Bertz CT molecular complexity index is 742. The van der Waals surface area contributed by atoms with Crippen LogP contribution in [-0.2, 0) is 0 Å². The molecule has 0 radical (unpaired) electrons. The maximum atomic E-state index is 4.56. The van der Waals surface area contributed by atoms with Crippen LogP contribution in [0, 0.1) is 6.92 Å². The minimum Gasteiger partial charge on any atom is -0.269 e. The molecule has 3 rings (SSSR count). The average Bonchev–Trinajstić information content (AvgIpc) is 2.62. The van der Waals surface area contributed by atoms with Crippen molar-refractivity contribution >= 4 is 6.21 Å². The van der Waals surface area contributed by atoms with Crippen LogP contribution < -0.4 is 0 Å². The smallest absolute Gasteiger partial charge is 0.0592 e. The van der Waals surface area contributed by atoms with Crippen molar-refractivity contribution in [3.8, 4) is 0 Å². The van der Waals surface area contributed by atoms with E-state index in [0.29, 0.717) is 5.92 Å². The highest BCUT2D eigenvalue weighted by atomic mass is 15.4. The van der Waals surface area contributed by atoms with Crippen molar-refractivity contribution in [3.63, 3.8) is 0 Å². The molecule has 2 nitrogen and oxygen atoms in total. The van der Waals surface area contributed by atoms with Gasteiger partial charge < -0.3 is 0 Å². The Kier molecular flexibility index (Phi) is 4.72. The van der Waals surface area contributed by atoms with Crippen LogP contribution >= 0.6 is 0 Å². The summed E-state index contributed by atoms with van der Waals surface area (Å²) in [5.74, 6) is 0.377. The molecule has 0 fully saturated rings. The van der Waals surface area contributed by atoms with Crippen LogP contribution in [0.1, 0.15) is 35.1 Å². The van der Waals surface area contributed by atoms with Gasteiger partial charge in [-0.25, -0.2) is 0 Å². The molecule has 1 atom stereocenters. The van der Waals surface area contributed by atoms with E-state index in [-0.39, 0.29) is 0 Å². The summed E-state index contributed by atoms with van der Waals surface area (Å²) >= 11 is 0. The molecule has 0 saturated carbocycles. The average molecular weight is 302 g/mol. The Labute approximate surface area is 138 Å². The van der Waals surface area contributed by atoms with E-state index in [4.69, 9.17) is 0 Å². The lowest BCUT2D eigenvalue weighted by Crippen LogP contribution is -2.12. The van der Waals surface area contributed by atoms with E-state index in [9.17, 15) is 0 Å². The monoisotopic (exact) mass is 302 g/mol. The summed E-state index contributed by atoms with van der Waals surface area (Å²) < 4.78 is 0. The maximum Gasteiger partial charge on any atom is 0.0592 e. The standard InChI is InChI=1S/C21H22N2/c1-17(19-10-5-3-6-11-19)21-13-9-12-20(18(21)2)16-22-23-14-7-4-8-15-23/h3-14,16-17H,15H2,1-2H3/b22-16+. The quantitative estimate of drug-likeness (QED) is 0.736. The second kappa shape index (κ2) is 7.10. The van der Waals surface area contributed by atoms with Crippen LogP contribution in [-0.4, -0.2) is 17.8 Å². The fourth-order valence-electron chi connectivity index (χ4n) is 2.88. The van der Waals surface area contributed by atoms with Crippen LogP contribution in [0.3, 0.4) is 0 Å². The number of benzene rings is 2. The first-order valence-corrected chi connectivity index (χ1v) is 8.04. The molecule has 116 valence electrons. The summed E-state index contributed by atoms with van der Waals surface area (Å²) in [4.78, 5) is 0.